The smallest absolute Gasteiger partial charge is 0.335 e. The molecule has 0 aliphatic carbocycles. The number of halogens is 3. The summed E-state index contributed by atoms with van der Waals surface area (Å²) in [6, 6.07) is 17.1. The van der Waals surface area contributed by atoms with E-state index in [9.17, 15) is 14.7 Å². The number of likely N-dealkylation sites (N-methyl/N-ethyl adjacent to an activating group) is 1. The molecule has 1 N–H and O–H groups in total. The summed E-state index contributed by atoms with van der Waals surface area (Å²) in [5.41, 5.74) is 2.13. The van der Waals surface area contributed by atoms with Crippen LogP contribution in [-0.2, 0) is 11.4 Å². The largest absolute Gasteiger partial charge is 0.488 e. The molecule has 1 amide bonds. The fraction of sp³-hybridized carbons (Fsp3) is 0.0800. The van der Waals surface area contributed by atoms with E-state index in [2.05, 4.69) is 20.9 Å². The fourth-order valence-corrected chi connectivity index (χ4v) is 4.84. The molecular weight excluding hydrogens is 575 g/mol. The lowest BCUT2D eigenvalue weighted by Gasteiger charge is -2.11. The third-order valence-corrected chi connectivity index (χ3v) is 7.25. The zero-order valence-electron chi connectivity index (χ0n) is 18.2. The van der Waals surface area contributed by atoms with Crippen LogP contribution in [0.3, 0.4) is 0 Å². The van der Waals surface area contributed by atoms with E-state index in [4.69, 9.17) is 27.9 Å². The lowest BCUT2D eigenvalue weighted by Crippen LogP contribution is -2.23. The number of amides is 1. The van der Waals surface area contributed by atoms with Crippen molar-refractivity contribution in [1.82, 2.24) is 4.90 Å². The molecule has 0 aromatic heterocycles. The van der Waals surface area contributed by atoms with Gasteiger partial charge in [-0.1, -0.05) is 51.3 Å². The predicted octanol–water partition coefficient (Wildman–Crippen LogP) is 7.27. The number of aromatic carboxylic acids is 1. The molecule has 0 unspecified atom stereocenters. The molecule has 3 aromatic rings. The number of thioether (sulfide) groups is 1. The van der Waals surface area contributed by atoms with Crippen LogP contribution in [0.25, 0.3) is 6.08 Å². The molecule has 1 saturated heterocycles. The summed E-state index contributed by atoms with van der Waals surface area (Å²) < 4.78 is 6.84. The summed E-state index contributed by atoms with van der Waals surface area (Å²) in [6.45, 7) is 0.266. The third kappa shape index (κ3) is 6.08. The van der Waals surface area contributed by atoms with Crippen molar-refractivity contribution >= 4 is 79.7 Å². The minimum atomic E-state index is -1.04. The minimum Gasteiger partial charge on any atom is -0.488 e. The van der Waals surface area contributed by atoms with Crippen LogP contribution in [0.1, 0.15) is 21.5 Å². The van der Waals surface area contributed by atoms with E-state index < -0.39 is 5.97 Å². The SMILES string of the molecule is CN1C(=O)C(=Cc2cc(Br)ccc2OCc2ccc(Cl)c(Cl)c2)SC1=Nc1cccc(C(=O)O)c1. The lowest BCUT2D eigenvalue weighted by atomic mass is 10.1. The summed E-state index contributed by atoms with van der Waals surface area (Å²) in [4.78, 5) is 30.5. The highest BCUT2D eigenvalue weighted by Gasteiger charge is 2.30. The van der Waals surface area contributed by atoms with Crippen molar-refractivity contribution in [3.63, 3.8) is 0 Å². The number of amidine groups is 1. The first-order valence-corrected chi connectivity index (χ1v) is 12.5. The number of aliphatic imine (C=N–C) groups is 1. The Morgan fingerprint density at radius 2 is 1.94 bits per heavy atom. The number of carboxylic acids is 1. The highest BCUT2D eigenvalue weighted by Crippen LogP contribution is 2.36. The van der Waals surface area contributed by atoms with Crippen LogP contribution in [0.4, 0.5) is 5.69 Å². The summed E-state index contributed by atoms with van der Waals surface area (Å²) in [7, 11) is 1.62. The molecule has 35 heavy (non-hydrogen) atoms. The summed E-state index contributed by atoms with van der Waals surface area (Å²) in [5.74, 6) is -0.680. The molecule has 1 heterocycles. The summed E-state index contributed by atoms with van der Waals surface area (Å²) in [5, 5.41) is 10.6. The molecule has 0 radical (unpaired) electrons. The van der Waals surface area contributed by atoms with Crippen molar-refractivity contribution in [2.45, 2.75) is 6.61 Å². The Morgan fingerprint density at radius 1 is 1.14 bits per heavy atom. The van der Waals surface area contributed by atoms with Gasteiger partial charge in [0.2, 0.25) is 0 Å². The fourth-order valence-electron chi connectivity index (χ4n) is 3.17. The maximum atomic E-state index is 12.9. The highest BCUT2D eigenvalue weighted by atomic mass is 79.9. The molecule has 1 aliphatic heterocycles. The second-order valence-electron chi connectivity index (χ2n) is 7.44. The molecule has 3 aromatic carbocycles. The van der Waals surface area contributed by atoms with E-state index in [1.165, 1.54) is 28.8 Å². The second kappa shape index (κ2) is 10.9. The predicted molar refractivity (Wildman–Crippen MR) is 144 cm³/mol. The zero-order chi connectivity index (χ0) is 25.1. The molecule has 178 valence electrons. The summed E-state index contributed by atoms with van der Waals surface area (Å²) in [6.07, 6.45) is 1.74. The van der Waals surface area contributed by atoms with Crippen molar-refractivity contribution in [2.75, 3.05) is 7.05 Å². The van der Waals surface area contributed by atoms with Crippen LogP contribution < -0.4 is 4.74 Å². The maximum Gasteiger partial charge on any atom is 0.335 e. The van der Waals surface area contributed by atoms with E-state index in [1.54, 1.807) is 37.4 Å². The Bertz CT molecular complexity index is 1390. The molecule has 4 rings (SSSR count). The Hall–Kier alpha value is -2.78. The number of rotatable bonds is 6. The van der Waals surface area contributed by atoms with Gasteiger partial charge in [-0.3, -0.25) is 9.69 Å². The van der Waals surface area contributed by atoms with Gasteiger partial charge in [-0.2, -0.15) is 0 Å². The number of benzene rings is 3. The van der Waals surface area contributed by atoms with Gasteiger partial charge in [-0.15, -0.1) is 0 Å². The number of carboxylic acid groups (broad SMARTS) is 1. The van der Waals surface area contributed by atoms with Gasteiger partial charge in [-0.25, -0.2) is 9.79 Å². The number of carbonyl (C=O) groups excluding carboxylic acids is 1. The van der Waals surface area contributed by atoms with Crippen LogP contribution in [-0.4, -0.2) is 34.1 Å². The summed E-state index contributed by atoms with van der Waals surface area (Å²) >= 11 is 16.8. The molecule has 0 saturated carbocycles. The number of nitrogens with zero attached hydrogens (tertiary/aromatic N) is 2. The van der Waals surface area contributed by atoms with Gasteiger partial charge in [-0.05, 0) is 71.9 Å². The van der Waals surface area contributed by atoms with E-state index in [-0.39, 0.29) is 18.1 Å². The van der Waals surface area contributed by atoms with Crippen molar-refractivity contribution in [3.05, 3.63) is 96.8 Å². The topological polar surface area (TPSA) is 79.2 Å². The van der Waals surface area contributed by atoms with Gasteiger partial charge in [0.25, 0.3) is 5.91 Å². The van der Waals surface area contributed by atoms with Gasteiger partial charge in [0.1, 0.15) is 12.4 Å². The van der Waals surface area contributed by atoms with Crippen molar-refractivity contribution < 1.29 is 19.4 Å². The van der Waals surface area contributed by atoms with E-state index >= 15 is 0 Å². The number of carbonyl (C=O) groups is 2. The van der Waals surface area contributed by atoms with Gasteiger partial charge in [0.05, 0.1) is 26.2 Å². The van der Waals surface area contributed by atoms with Crippen LogP contribution >= 0.6 is 50.9 Å². The van der Waals surface area contributed by atoms with Gasteiger partial charge in [0.15, 0.2) is 5.17 Å². The van der Waals surface area contributed by atoms with Crippen molar-refractivity contribution in [3.8, 4) is 5.75 Å². The Labute approximate surface area is 224 Å². The van der Waals surface area contributed by atoms with E-state index in [1.807, 2.05) is 24.3 Å². The monoisotopic (exact) mass is 590 g/mol. The molecule has 6 nitrogen and oxygen atoms in total. The lowest BCUT2D eigenvalue weighted by molar-refractivity contribution is -0.121. The molecule has 10 heteroatoms. The standard InChI is InChI=1S/C25H17BrCl2N2O4S/c1-30-23(31)22(35-25(30)29-18-4-2-3-15(11-18)24(32)33)12-16-10-17(26)6-8-21(16)34-13-14-5-7-19(27)20(28)9-14/h2-12H,13H2,1H3,(H,32,33). The van der Waals surface area contributed by atoms with Gasteiger partial charge < -0.3 is 9.84 Å². The van der Waals surface area contributed by atoms with Crippen LogP contribution in [0, 0.1) is 0 Å². The van der Waals surface area contributed by atoms with Gasteiger partial charge >= 0.3 is 5.97 Å². The van der Waals surface area contributed by atoms with Crippen molar-refractivity contribution in [1.29, 1.82) is 0 Å². The first kappa shape index (κ1) is 25.3. The highest BCUT2D eigenvalue weighted by molar-refractivity contribution is 9.10. The number of hydrogen-bond acceptors (Lipinski definition) is 5. The van der Waals surface area contributed by atoms with Crippen molar-refractivity contribution in [2.24, 2.45) is 4.99 Å². The molecule has 0 spiro atoms. The Balaban J connectivity index is 1.59. The first-order valence-electron chi connectivity index (χ1n) is 10.2. The molecule has 0 bridgehead atoms. The third-order valence-electron chi connectivity index (χ3n) is 4.96. The zero-order valence-corrected chi connectivity index (χ0v) is 22.1. The maximum absolute atomic E-state index is 12.9. The molecular formula is C25H17BrCl2N2O4S. The van der Waals surface area contributed by atoms with Crippen LogP contribution in [0.2, 0.25) is 10.0 Å². The molecule has 1 aliphatic rings. The second-order valence-corrected chi connectivity index (χ2v) is 10.2. The number of hydrogen-bond donors (Lipinski definition) is 1. The quantitative estimate of drug-likeness (QED) is 0.305. The number of ether oxygens (including phenoxy) is 1. The average molecular weight is 592 g/mol. The average Bonchev–Trinajstić information content (AvgIpc) is 3.08. The molecule has 0 atom stereocenters. The Morgan fingerprint density at radius 3 is 2.69 bits per heavy atom. The van der Waals surface area contributed by atoms with Crippen LogP contribution in [0.15, 0.2) is 75.0 Å². The van der Waals surface area contributed by atoms with E-state index in [0.717, 1.165) is 10.0 Å². The Kier molecular flexibility index (Phi) is 7.86. The first-order chi connectivity index (χ1) is 16.7. The molecule has 1 fully saturated rings. The normalized spacial score (nSPS) is 15.8. The van der Waals surface area contributed by atoms with Gasteiger partial charge in [0, 0.05) is 17.1 Å². The van der Waals surface area contributed by atoms with Crippen LogP contribution in [0.5, 0.6) is 5.75 Å². The van der Waals surface area contributed by atoms with E-state index in [0.29, 0.717) is 37.1 Å². The minimum absolute atomic E-state index is 0.123.